The summed E-state index contributed by atoms with van der Waals surface area (Å²) in [6, 6.07) is 24.8. The van der Waals surface area contributed by atoms with Crippen molar-refractivity contribution < 1.29 is 21.6 Å². The number of sulfonamides is 2. The van der Waals surface area contributed by atoms with Crippen molar-refractivity contribution >= 4 is 54.6 Å². The van der Waals surface area contributed by atoms with Crippen molar-refractivity contribution in [2.24, 2.45) is 0 Å². The maximum absolute atomic E-state index is 12.8. The minimum Gasteiger partial charge on any atom is -0.457 e. The number of rotatable bonds is 8. The first-order valence-electron chi connectivity index (χ1n) is 10.1. The first-order valence-corrected chi connectivity index (χ1v) is 13.8. The van der Waals surface area contributed by atoms with Gasteiger partial charge in [-0.3, -0.25) is 9.44 Å². The molecule has 0 aliphatic rings. The standard InChI is InChI=1S/C24H18Cl2N2O5S2/c25-22-7-4-8-23(24(22)26)28-35(31,32)20-13-9-17(10-14-20)27-34(29,30)21-15-11-19(12-16-21)33-18-5-2-1-3-6-18/h1-16,27-28H. The van der Waals surface area contributed by atoms with Crippen molar-refractivity contribution in [1.29, 1.82) is 0 Å². The molecule has 0 aliphatic heterocycles. The Balaban J connectivity index is 1.46. The Hall–Kier alpha value is -3.24. The summed E-state index contributed by atoms with van der Waals surface area (Å²) in [7, 11) is -7.89. The average molecular weight is 549 g/mol. The van der Waals surface area contributed by atoms with Crippen molar-refractivity contribution in [2.75, 3.05) is 9.44 Å². The monoisotopic (exact) mass is 548 g/mol. The van der Waals surface area contributed by atoms with E-state index in [-0.39, 0.29) is 31.2 Å². The van der Waals surface area contributed by atoms with Crippen LogP contribution >= 0.6 is 23.2 Å². The van der Waals surface area contributed by atoms with Crippen LogP contribution in [-0.2, 0) is 20.0 Å². The normalized spacial score (nSPS) is 11.6. The van der Waals surface area contributed by atoms with Crippen molar-refractivity contribution in [1.82, 2.24) is 0 Å². The van der Waals surface area contributed by atoms with E-state index in [0.29, 0.717) is 11.5 Å². The molecule has 0 fully saturated rings. The molecule has 180 valence electrons. The smallest absolute Gasteiger partial charge is 0.261 e. The summed E-state index contributed by atoms with van der Waals surface area (Å²) in [5, 5.41) is 0.276. The number of para-hydroxylation sites is 1. The van der Waals surface area contributed by atoms with Crippen LogP contribution in [0.4, 0.5) is 11.4 Å². The predicted molar refractivity (Wildman–Crippen MR) is 137 cm³/mol. The third kappa shape index (κ3) is 6.07. The van der Waals surface area contributed by atoms with E-state index >= 15 is 0 Å². The zero-order valence-electron chi connectivity index (χ0n) is 17.9. The SMILES string of the molecule is O=S(=O)(Nc1ccc(S(=O)(=O)Nc2cccc(Cl)c2Cl)cc1)c1ccc(Oc2ccccc2)cc1. The van der Waals surface area contributed by atoms with E-state index < -0.39 is 20.0 Å². The van der Waals surface area contributed by atoms with Crippen LogP contribution < -0.4 is 14.2 Å². The maximum Gasteiger partial charge on any atom is 0.261 e. The fourth-order valence-corrected chi connectivity index (χ4v) is 5.55. The highest BCUT2D eigenvalue weighted by molar-refractivity contribution is 7.93. The lowest BCUT2D eigenvalue weighted by Crippen LogP contribution is -2.15. The molecule has 4 aromatic rings. The highest BCUT2D eigenvalue weighted by Crippen LogP contribution is 2.31. The van der Waals surface area contributed by atoms with Gasteiger partial charge in [0, 0.05) is 5.69 Å². The first-order chi connectivity index (χ1) is 16.6. The van der Waals surface area contributed by atoms with Crippen LogP contribution in [0.25, 0.3) is 0 Å². The fraction of sp³-hybridized carbons (Fsp3) is 0. The topological polar surface area (TPSA) is 102 Å². The third-order valence-corrected chi connectivity index (χ3v) is 8.32. The van der Waals surface area contributed by atoms with Crippen molar-refractivity contribution in [3.8, 4) is 11.5 Å². The van der Waals surface area contributed by atoms with Crippen LogP contribution in [-0.4, -0.2) is 16.8 Å². The highest BCUT2D eigenvalue weighted by atomic mass is 35.5. The van der Waals surface area contributed by atoms with Crippen LogP contribution in [0.5, 0.6) is 11.5 Å². The number of hydrogen-bond donors (Lipinski definition) is 2. The van der Waals surface area contributed by atoms with Crippen molar-refractivity contribution in [2.45, 2.75) is 9.79 Å². The highest BCUT2D eigenvalue weighted by Gasteiger charge is 2.18. The molecule has 2 N–H and O–H groups in total. The summed E-state index contributed by atoms with van der Waals surface area (Å²) in [5.74, 6) is 1.11. The molecule has 0 heterocycles. The van der Waals surface area contributed by atoms with Crippen LogP contribution in [0.3, 0.4) is 0 Å². The summed E-state index contributed by atoms with van der Waals surface area (Å²) in [6.45, 7) is 0. The summed E-state index contributed by atoms with van der Waals surface area (Å²) in [4.78, 5) is -0.0641. The zero-order chi connectivity index (χ0) is 25.1. The van der Waals surface area contributed by atoms with Gasteiger partial charge in [-0.15, -0.1) is 0 Å². The Morgan fingerprint density at radius 1 is 0.571 bits per heavy atom. The second-order valence-corrected chi connectivity index (χ2v) is 11.4. The molecule has 11 heteroatoms. The minimum absolute atomic E-state index is 0.0203. The Morgan fingerprint density at radius 3 is 1.74 bits per heavy atom. The van der Waals surface area contributed by atoms with Gasteiger partial charge in [0.05, 0.1) is 25.5 Å². The Kier molecular flexibility index (Phi) is 7.23. The van der Waals surface area contributed by atoms with E-state index in [1.54, 1.807) is 30.3 Å². The molecule has 7 nitrogen and oxygen atoms in total. The van der Waals surface area contributed by atoms with E-state index in [1.807, 2.05) is 18.2 Å². The lowest BCUT2D eigenvalue weighted by molar-refractivity contribution is 0.482. The number of ether oxygens (including phenoxy) is 1. The molecule has 4 rings (SSSR count). The third-order valence-electron chi connectivity index (χ3n) is 4.73. The van der Waals surface area contributed by atoms with Gasteiger partial charge in [-0.05, 0) is 72.8 Å². The molecule has 0 saturated heterocycles. The molecule has 0 atom stereocenters. The number of benzene rings is 4. The quantitative estimate of drug-likeness (QED) is 0.265. The first kappa shape index (κ1) is 24.9. The molecule has 35 heavy (non-hydrogen) atoms. The second kappa shape index (κ2) is 10.2. The molecular formula is C24H18Cl2N2O5S2. The van der Waals surface area contributed by atoms with Gasteiger partial charge >= 0.3 is 0 Å². The summed E-state index contributed by atoms with van der Waals surface area (Å²) >= 11 is 12.0. The van der Waals surface area contributed by atoms with Gasteiger partial charge in [0.15, 0.2) is 0 Å². The molecule has 4 aromatic carbocycles. The number of halogens is 2. The molecule has 0 amide bonds. The summed E-state index contributed by atoms with van der Waals surface area (Å²) in [5.41, 5.74) is 0.318. The number of hydrogen-bond acceptors (Lipinski definition) is 5. The lowest BCUT2D eigenvalue weighted by atomic mass is 10.3. The molecule has 0 unspecified atom stereocenters. The lowest BCUT2D eigenvalue weighted by Gasteiger charge is -2.12. The van der Waals surface area contributed by atoms with Gasteiger partial charge in [-0.25, -0.2) is 16.8 Å². The van der Waals surface area contributed by atoms with Gasteiger partial charge in [-0.1, -0.05) is 47.5 Å². The second-order valence-electron chi connectivity index (χ2n) is 7.22. The fourth-order valence-electron chi connectivity index (χ4n) is 3.01. The summed E-state index contributed by atoms with van der Waals surface area (Å²) in [6.07, 6.45) is 0. The Morgan fingerprint density at radius 2 is 1.11 bits per heavy atom. The van der Waals surface area contributed by atoms with Crippen LogP contribution in [0.15, 0.2) is 107 Å². The molecule has 0 saturated carbocycles. The molecule has 0 bridgehead atoms. The van der Waals surface area contributed by atoms with Crippen molar-refractivity contribution in [3.05, 3.63) is 107 Å². The average Bonchev–Trinajstić information content (AvgIpc) is 2.83. The van der Waals surface area contributed by atoms with Crippen molar-refractivity contribution in [3.63, 3.8) is 0 Å². The molecular weight excluding hydrogens is 531 g/mol. The van der Waals surface area contributed by atoms with Crippen LogP contribution in [0.2, 0.25) is 10.0 Å². The van der Waals surface area contributed by atoms with Gasteiger partial charge in [0.1, 0.15) is 11.5 Å². The predicted octanol–water partition coefficient (Wildman–Crippen LogP) is 6.39. The van der Waals surface area contributed by atoms with E-state index in [1.165, 1.54) is 48.5 Å². The van der Waals surface area contributed by atoms with E-state index in [9.17, 15) is 16.8 Å². The Labute approximate surface area is 213 Å². The number of nitrogens with one attached hydrogen (secondary N) is 2. The van der Waals surface area contributed by atoms with Gasteiger partial charge in [0.2, 0.25) is 0 Å². The number of anilines is 2. The Bertz CT molecular complexity index is 1540. The molecule has 0 aliphatic carbocycles. The van der Waals surface area contributed by atoms with Crippen LogP contribution in [0.1, 0.15) is 0 Å². The van der Waals surface area contributed by atoms with Gasteiger partial charge < -0.3 is 4.74 Å². The van der Waals surface area contributed by atoms with E-state index in [0.717, 1.165) is 0 Å². The molecule has 0 spiro atoms. The maximum atomic E-state index is 12.8. The molecule has 0 aromatic heterocycles. The molecule has 0 radical (unpaired) electrons. The zero-order valence-corrected chi connectivity index (χ0v) is 21.0. The van der Waals surface area contributed by atoms with Gasteiger partial charge in [0.25, 0.3) is 20.0 Å². The van der Waals surface area contributed by atoms with Gasteiger partial charge in [-0.2, -0.15) is 0 Å². The van der Waals surface area contributed by atoms with Crippen LogP contribution in [0, 0.1) is 0 Å². The van der Waals surface area contributed by atoms with E-state index in [4.69, 9.17) is 27.9 Å². The minimum atomic E-state index is -3.98. The van der Waals surface area contributed by atoms with E-state index in [2.05, 4.69) is 9.44 Å². The largest absolute Gasteiger partial charge is 0.457 e. The summed E-state index contributed by atoms with van der Waals surface area (Å²) < 4.78 is 61.3.